The lowest BCUT2D eigenvalue weighted by Crippen LogP contribution is -2.45. The topological polar surface area (TPSA) is 55.8 Å². The second-order valence-corrected chi connectivity index (χ2v) is 7.87. The van der Waals surface area contributed by atoms with E-state index in [2.05, 4.69) is 75.6 Å². The maximum absolute atomic E-state index is 4.66. The summed E-state index contributed by atoms with van der Waals surface area (Å²) in [6, 6.07) is 10.9. The highest BCUT2D eigenvalue weighted by Crippen LogP contribution is 2.18. The second-order valence-electron chi connectivity index (χ2n) is 7.87. The molecule has 1 fully saturated rings. The normalized spacial score (nSPS) is 14.9. The third kappa shape index (κ3) is 7.12. The van der Waals surface area contributed by atoms with Crippen molar-refractivity contribution >= 4 is 35.8 Å². The minimum atomic E-state index is 0. The average Bonchev–Trinajstić information content (AvgIpc) is 2.71. The van der Waals surface area contributed by atoms with Crippen LogP contribution in [0, 0.1) is 13.8 Å². The number of halogens is 1. The molecule has 30 heavy (non-hydrogen) atoms. The highest BCUT2D eigenvalue weighted by molar-refractivity contribution is 14.0. The summed E-state index contributed by atoms with van der Waals surface area (Å²) >= 11 is 0. The number of rotatable bonds is 6. The Morgan fingerprint density at radius 1 is 1.07 bits per heavy atom. The zero-order valence-corrected chi connectivity index (χ0v) is 20.9. The number of guanidine groups is 1. The van der Waals surface area contributed by atoms with Crippen LogP contribution in [0.5, 0.6) is 0 Å². The highest BCUT2D eigenvalue weighted by Gasteiger charge is 2.17. The molecule has 0 aliphatic carbocycles. The van der Waals surface area contributed by atoms with Gasteiger partial charge in [0.25, 0.3) is 0 Å². The molecule has 1 saturated heterocycles. The number of anilines is 1. The summed E-state index contributed by atoms with van der Waals surface area (Å²) in [4.78, 5) is 13.8. The summed E-state index contributed by atoms with van der Waals surface area (Å²) in [5.41, 5.74) is 5.19. The number of nitrogens with zero attached hydrogens (tertiary/aromatic N) is 4. The third-order valence-electron chi connectivity index (χ3n) is 5.33. The first-order valence-electron chi connectivity index (χ1n) is 10.4. The fraction of sp³-hybridized carbons (Fsp3) is 0.478. The summed E-state index contributed by atoms with van der Waals surface area (Å²) in [6.07, 6.45) is 2.86. The molecule has 1 aliphatic heterocycles. The molecule has 6 nitrogen and oxygen atoms in total. The Balaban J connectivity index is 0.00000320. The van der Waals surface area contributed by atoms with Gasteiger partial charge in [0.2, 0.25) is 0 Å². The minimum Gasteiger partial charge on any atom is -0.356 e. The van der Waals surface area contributed by atoms with Gasteiger partial charge in [0, 0.05) is 58.1 Å². The Labute approximate surface area is 198 Å². The van der Waals surface area contributed by atoms with E-state index in [9.17, 15) is 0 Å². The molecule has 3 rings (SSSR count). The van der Waals surface area contributed by atoms with Gasteiger partial charge in [-0.15, -0.1) is 24.0 Å². The molecule has 1 aromatic heterocycles. The van der Waals surface area contributed by atoms with Crippen molar-refractivity contribution in [2.24, 2.45) is 4.99 Å². The quantitative estimate of drug-likeness (QED) is 0.347. The first kappa shape index (κ1) is 24.4. The van der Waals surface area contributed by atoms with Gasteiger partial charge in [0.05, 0.1) is 0 Å². The molecule has 0 radical (unpaired) electrons. The van der Waals surface area contributed by atoms with Crippen molar-refractivity contribution in [1.29, 1.82) is 0 Å². The van der Waals surface area contributed by atoms with E-state index < -0.39 is 0 Å². The Kier molecular flexibility index (Phi) is 9.84. The molecule has 0 bridgehead atoms. The van der Waals surface area contributed by atoms with Gasteiger partial charge in [-0.1, -0.05) is 35.4 Å². The number of aliphatic imine (C=N–C) groups is 1. The zero-order valence-electron chi connectivity index (χ0n) is 18.6. The van der Waals surface area contributed by atoms with Crippen LogP contribution < -0.4 is 15.5 Å². The molecule has 2 N–H and O–H groups in total. The van der Waals surface area contributed by atoms with Gasteiger partial charge in [-0.2, -0.15) is 0 Å². The van der Waals surface area contributed by atoms with Gasteiger partial charge in [0.1, 0.15) is 5.82 Å². The van der Waals surface area contributed by atoms with E-state index in [1.165, 1.54) is 22.3 Å². The lowest BCUT2D eigenvalue weighted by molar-refractivity contribution is 0.312. The van der Waals surface area contributed by atoms with Crippen molar-refractivity contribution < 1.29 is 0 Å². The van der Waals surface area contributed by atoms with E-state index in [0.29, 0.717) is 6.54 Å². The van der Waals surface area contributed by atoms with Crippen LogP contribution in [0.25, 0.3) is 0 Å². The molecule has 2 aromatic rings. The Bertz CT molecular complexity index is 810. The van der Waals surface area contributed by atoms with Crippen LogP contribution in [-0.2, 0) is 13.0 Å². The van der Waals surface area contributed by atoms with E-state index in [-0.39, 0.29) is 24.0 Å². The summed E-state index contributed by atoms with van der Waals surface area (Å²) < 4.78 is 0. The maximum Gasteiger partial charge on any atom is 0.191 e. The predicted octanol–water partition coefficient (Wildman–Crippen LogP) is 2.98. The number of nitrogens with one attached hydrogen (secondary N) is 2. The monoisotopic (exact) mass is 522 g/mol. The number of hydrogen-bond acceptors (Lipinski definition) is 4. The number of aryl methyl sites for hydroxylation is 2. The van der Waals surface area contributed by atoms with Gasteiger partial charge >= 0.3 is 0 Å². The summed E-state index contributed by atoms with van der Waals surface area (Å²) in [5, 5.41) is 6.87. The zero-order chi connectivity index (χ0) is 20.6. The summed E-state index contributed by atoms with van der Waals surface area (Å²) in [7, 11) is 3.99. The van der Waals surface area contributed by atoms with Crippen molar-refractivity contribution in [3.05, 3.63) is 58.8 Å². The van der Waals surface area contributed by atoms with Crippen LogP contribution >= 0.6 is 24.0 Å². The van der Waals surface area contributed by atoms with Crippen molar-refractivity contribution in [2.75, 3.05) is 51.7 Å². The van der Waals surface area contributed by atoms with Crippen molar-refractivity contribution in [3.63, 3.8) is 0 Å². The SMILES string of the molecule is CN=C(NCCc1cc(C)cc(C)c1)NCc1cccnc1N1CCN(C)CC1.I. The van der Waals surface area contributed by atoms with Gasteiger partial charge < -0.3 is 20.4 Å². The Morgan fingerprint density at radius 3 is 2.43 bits per heavy atom. The van der Waals surface area contributed by atoms with Gasteiger partial charge in [-0.05, 0) is 38.9 Å². The van der Waals surface area contributed by atoms with Gasteiger partial charge in [-0.25, -0.2) is 4.98 Å². The Morgan fingerprint density at radius 2 is 1.77 bits per heavy atom. The molecule has 1 aromatic carbocycles. The van der Waals surface area contributed by atoms with Gasteiger partial charge in [0.15, 0.2) is 5.96 Å². The Hall–Kier alpha value is -1.87. The number of hydrogen-bond donors (Lipinski definition) is 2. The fourth-order valence-corrected chi connectivity index (χ4v) is 3.81. The molecule has 0 unspecified atom stereocenters. The maximum atomic E-state index is 4.66. The number of aromatic nitrogens is 1. The van der Waals surface area contributed by atoms with Crippen molar-refractivity contribution in [3.8, 4) is 0 Å². The second kappa shape index (κ2) is 12.1. The summed E-state index contributed by atoms with van der Waals surface area (Å²) in [5.74, 6) is 1.90. The largest absolute Gasteiger partial charge is 0.356 e. The lowest BCUT2D eigenvalue weighted by Gasteiger charge is -2.34. The minimum absolute atomic E-state index is 0. The first-order valence-corrected chi connectivity index (χ1v) is 10.4. The van der Waals surface area contributed by atoms with E-state index in [0.717, 1.165) is 50.9 Å². The van der Waals surface area contributed by atoms with E-state index >= 15 is 0 Å². The van der Waals surface area contributed by atoms with Crippen LogP contribution in [0.1, 0.15) is 22.3 Å². The van der Waals surface area contributed by atoms with Gasteiger partial charge in [-0.3, -0.25) is 4.99 Å². The standard InChI is InChI=1S/C23H34N6.HI/c1-18-14-19(2)16-20(15-18)7-9-26-23(24-3)27-17-21-6-5-8-25-22(21)29-12-10-28(4)11-13-29;/h5-6,8,14-16H,7,9-13,17H2,1-4H3,(H2,24,26,27);1H. The van der Waals surface area contributed by atoms with E-state index in [4.69, 9.17) is 0 Å². The molecule has 7 heteroatoms. The number of likely N-dealkylation sites (N-methyl/N-ethyl adjacent to an activating group) is 1. The van der Waals surface area contributed by atoms with Crippen LogP contribution in [-0.4, -0.2) is 62.7 Å². The predicted molar refractivity (Wildman–Crippen MR) is 137 cm³/mol. The summed E-state index contributed by atoms with van der Waals surface area (Å²) in [6.45, 7) is 10.0. The van der Waals surface area contributed by atoms with Crippen LogP contribution in [0.4, 0.5) is 5.82 Å². The fourth-order valence-electron chi connectivity index (χ4n) is 3.81. The van der Waals surface area contributed by atoms with E-state index in [1.807, 2.05) is 19.3 Å². The molecule has 164 valence electrons. The van der Waals surface area contributed by atoms with Crippen molar-refractivity contribution in [1.82, 2.24) is 20.5 Å². The smallest absolute Gasteiger partial charge is 0.191 e. The molecular weight excluding hydrogens is 487 g/mol. The molecule has 2 heterocycles. The van der Waals surface area contributed by atoms with Crippen LogP contribution in [0.3, 0.4) is 0 Å². The van der Waals surface area contributed by atoms with Crippen LogP contribution in [0.2, 0.25) is 0 Å². The number of benzene rings is 1. The average molecular weight is 522 g/mol. The lowest BCUT2D eigenvalue weighted by atomic mass is 10.1. The number of pyridine rings is 1. The molecule has 0 atom stereocenters. The van der Waals surface area contributed by atoms with Crippen LogP contribution in [0.15, 0.2) is 41.5 Å². The molecule has 0 saturated carbocycles. The number of piperazine rings is 1. The molecule has 1 aliphatic rings. The van der Waals surface area contributed by atoms with Crippen molar-refractivity contribution in [2.45, 2.75) is 26.8 Å². The molecule has 0 amide bonds. The first-order chi connectivity index (χ1) is 14.0. The highest BCUT2D eigenvalue weighted by atomic mass is 127. The molecule has 0 spiro atoms. The van der Waals surface area contributed by atoms with E-state index in [1.54, 1.807) is 0 Å². The molecular formula is C23H35IN6. The third-order valence-corrected chi connectivity index (χ3v) is 5.33.